The number of carbonyl (C=O) groups is 3. The Balaban J connectivity index is 1.77. The molecule has 1 heterocycles. The van der Waals surface area contributed by atoms with E-state index in [0.29, 0.717) is 29.2 Å². The third-order valence-electron chi connectivity index (χ3n) is 4.94. The Bertz CT molecular complexity index is 956. The first-order chi connectivity index (χ1) is 14.4. The number of para-hydroxylation sites is 1. The molecule has 0 fully saturated rings. The Labute approximate surface area is 176 Å². The highest BCUT2D eigenvalue weighted by Crippen LogP contribution is 2.35. The molecule has 2 aromatic rings. The molecule has 0 saturated heterocycles. The van der Waals surface area contributed by atoms with E-state index in [2.05, 4.69) is 5.32 Å². The molecule has 0 radical (unpaired) electrons. The van der Waals surface area contributed by atoms with Crippen LogP contribution in [0.25, 0.3) is 0 Å². The fourth-order valence-electron chi connectivity index (χ4n) is 3.36. The van der Waals surface area contributed by atoms with Crippen molar-refractivity contribution in [3.05, 3.63) is 53.6 Å². The summed E-state index contributed by atoms with van der Waals surface area (Å²) in [6.45, 7) is 3.68. The second-order valence-electron chi connectivity index (χ2n) is 7.13. The predicted molar refractivity (Wildman–Crippen MR) is 113 cm³/mol. The molecule has 158 valence electrons. The average molecular weight is 410 g/mol. The summed E-state index contributed by atoms with van der Waals surface area (Å²) in [6.07, 6.45) is 0.442. The number of hydrogen-bond donors (Lipinski definition) is 1. The van der Waals surface area contributed by atoms with Gasteiger partial charge in [0.1, 0.15) is 18.0 Å². The molecule has 0 bridgehead atoms. The van der Waals surface area contributed by atoms with E-state index in [1.807, 2.05) is 31.2 Å². The maximum atomic E-state index is 12.7. The van der Waals surface area contributed by atoms with E-state index in [0.717, 1.165) is 12.0 Å². The van der Waals surface area contributed by atoms with E-state index in [9.17, 15) is 14.4 Å². The lowest BCUT2D eigenvalue weighted by Gasteiger charge is -2.32. The first-order valence-electron chi connectivity index (χ1n) is 9.98. The molecule has 0 spiro atoms. The zero-order valence-electron chi connectivity index (χ0n) is 17.4. The van der Waals surface area contributed by atoms with Gasteiger partial charge < -0.3 is 14.8 Å². The van der Waals surface area contributed by atoms with Gasteiger partial charge in [0, 0.05) is 24.1 Å². The van der Waals surface area contributed by atoms with Crippen LogP contribution in [0.5, 0.6) is 11.5 Å². The summed E-state index contributed by atoms with van der Waals surface area (Å²) in [4.78, 5) is 39.0. The fraction of sp³-hybridized carbons (Fsp3) is 0.348. The van der Waals surface area contributed by atoms with Gasteiger partial charge in [0.2, 0.25) is 5.91 Å². The topological polar surface area (TPSA) is 84.9 Å². The van der Waals surface area contributed by atoms with Crippen LogP contribution in [0, 0.1) is 0 Å². The van der Waals surface area contributed by atoms with Gasteiger partial charge >= 0.3 is 0 Å². The van der Waals surface area contributed by atoms with E-state index in [1.165, 1.54) is 4.90 Å². The minimum atomic E-state index is -0.711. The molecule has 2 aromatic carbocycles. The number of Topliss-reactive ketones (excluding diaryl/α,β-unsaturated/α-hetero) is 1. The van der Waals surface area contributed by atoms with Gasteiger partial charge in [-0.05, 0) is 37.6 Å². The lowest BCUT2D eigenvalue weighted by atomic mass is 10.0. The Kier molecular flexibility index (Phi) is 6.72. The lowest BCUT2D eigenvalue weighted by Crippen LogP contribution is -2.48. The summed E-state index contributed by atoms with van der Waals surface area (Å²) in [5, 5.41) is 2.82. The molecule has 0 aliphatic carbocycles. The fourth-order valence-corrected chi connectivity index (χ4v) is 3.36. The molecular formula is C23H26N2O5. The average Bonchev–Trinajstić information content (AvgIpc) is 2.75. The normalized spacial score (nSPS) is 15.2. The maximum Gasteiger partial charge on any atom is 0.268 e. The largest absolute Gasteiger partial charge is 0.496 e. The number of nitrogens with zero attached hydrogens (tertiary/aromatic N) is 1. The molecule has 0 saturated carbocycles. The van der Waals surface area contributed by atoms with Gasteiger partial charge in [-0.25, -0.2) is 0 Å². The number of anilines is 1. The second-order valence-corrected chi connectivity index (χ2v) is 7.13. The number of amides is 2. The number of hydrogen-bond acceptors (Lipinski definition) is 5. The second kappa shape index (κ2) is 9.43. The highest BCUT2D eigenvalue weighted by Gasteiger charge is 2.33. The van der Waals surface area contributed by atoms with Crippen molar-refractivity contribution in [2.45, 2.75) is 39.3 Å². The maximum absolute atomic E-state index is 12.7. The van der Waals surface area contributed by atoms with Gasteiger partial charge in [-0.15, -0.1) is 0 Å². The van der Waals surface area contributed by atoms with E-state index < -0.39 is 6.10 Å². The summed E-state index contributed by atoms with van der Waals surface area (Å²) in [5.74, 6) is 0.507. The summed E-state index contributed by atoms with van der Waals surface area (Å²) in [7, 11) is 1.57. The van der Waals surface area contributed by atoms with Crippen molar-refractivity contribution in [2.24, 2.45) is 0 Å². The SMILES string of the molecule is CCCC(=O)c1ccc2c(c1)N(CC(=O)NCc1ccccc1OC)C(=O)C(C)O2. The Hall–Kier alpha value is -3.35. The third kappa shape index (κ3) is 4.62. The molecule has 3 rings (SSSR count). The molecule has 1 aliphatic heterocycles. The molecule has 1 atom stereocenters. The van der Waals surface area contributed by atoms with Crippen LogP contribution in [0.3, 0.4) is 0 Å². The summed E-state index contributed by atoms with van der Waals surface area (Å²) < 4.78 is 11.0. The molecule has 1 N–H and O–H groups in total. The minimum Gasteiger partial charge on any atom is -0.496 e. The van der Waals surface area contributed by atoms with Gasteiger partial charge in [-0.2, -0.15) is 0 Å². The molecular weight excluding hydrogens is 384 g/mol. The monoisotopic (exact) mass is 410 g/mol. The van der Waals surface area contributed by atoms with Crippen LogP contribution in [0.1, 0.15) is 42.6 Å². The number of ether oxygens (including phenoxy) is 2. The number of fused-ring (bicyclic) bond motifs is 1. The molecule has 30 heavy (non-hydrogen) atoms. The third-order valence-corrected chi connectivity index (χ3v) is 4.94. The van der Waals surface area contributed by atoms with Gasteiger partial charge in [0.05, 0.1) is 12.8 Å². The first kappa shape index (κ1) is 21.4. The number of methoxy groups -OCH3 is 1. The van der Waals surface area contributed by atoms with Crippen LogP contribution in [-0.2, 0) is 16.1 Å². The van der Waals surface area contributed by atoms with Crippen LogP contribution in [0.4, 0.5) is 5.69 Å². The molecule has 1 unspecified atom stereocenters. The van der Waals surface area contributed by atoms with E-state index in [1.54, 1.807) is 32.2 Å². The Morgan fingerprint density at radius 1 is 1.20 bits per heavy atom. The molecule has 1 aliphatic rings. The molecule has 2 amide bonds. The van der Waals surface area contributed by atoms with Crippen LogP contribution < -0.4 is 19.7 Å². The lowest BCUT2D eigenvalue weighted by molar-refractivity contribution is -0.128. The van der Waals surface area contributed by atoms with Crippen molar-refractivity contribution >= 4 is 23.3 Å². The van der Waals surface area contributed by atoms with Crippen molar-refractivity contribution in [3.63, 3.8) is 0 Å². The summed E-state index contributed by atoms with van der Waals surface area (Å²) in [5.41, 5.74) is 1.77. The number of nitrogens with one attached hydrogen (secondary N) is 1. The standard InChI is InChI=1S/C23H26N2O5/c1-4-7-19(26)16-10-11-21-18(12-16)25(23(28)15(2)30-21)14-22(27)24-13-17-8-5-6-9-20(17)29-3/h5-6,8-12,15H,4,7,13-14H2,1-3H3,(H,24,27). The van der Waals surface area contributed by atoms with Crippen LogP contribution >= 0.6 is 0 Å². The minimum absolute atomic E-state index is 0.00746. The van der Waals surface area contributed by atoms with Crippen molar-refractivity contribution in [3.8, 4) is 11.5 Å². The van der Waals surface area contributed by atoms with Gasteiger partial charge in [-0.1, -0.05) is 25.1 Å². The zero-order chi connectivity index (χ0) is 21.7. The van der Waals surface area contributed by atoms with E-state index in [4.69, 9.17) is 9.47 Å². The van der Waals surface area contributed by atoms with Crippen molar-refractivity contribution in [2.75, 3.05) is 18.6 Å². The van der Waals surface area contributed by atoms with Crippen LogP contribution in [0.2, 0.25) is 0 Å². The zero-order valence-corrected chi connectivity index (χ0v) is 17.4. The Morgan fingerprint density at radius 3 is 2.70 bits per heavy atom. The smallest absolute Gasteiger partial charge is 0.268 e. The Morgan fingerprint density at radius 2 is 1.97 bits per heavy atom. The first-order valence-corrected chi connectivity index (χ1v) is 9.98. The number of ketones is 1. The predicted octanol–water partition coefficient (Wildman–Crippen LogP) is 3.11. The molecule has 7 heteroatoms. The van der Waals surface area contributed by atoms with E-state index >= 15 is 0 Å². The van der Waals surface area contributed by atoms with Crippen molar-refractivity contribution < 1.29 is 23.9 Å². The summed E-state index contributed by atoms with van der Waals surface area (Å²) in [6, 6.07) is 12.4. The van der Waals surface area contributed by atoms with Crippen molar-refractivity contribution in [1.29, 1.82) is 0 Å². The van der Waals surface area contributed by atoms with Gasteiger partial charge in [0.25, 0.3) is 5.91 Å². The molecule has 7 nitrogen and oxygen atoms in total. The van der Waals surface area contributed by atoms with Crippen LogP contribution in [0.15, 0.2) is 42.5 Å². The van der Waals surface area contributed by atoms with E-state index in [-0.39, 0.29) is 30.7 Å². The summed E-state index contributed by atoms with van der Waals surface area (Å²) >= 11 is 0. The quantitative estimate of drug-likeness (QED) is 0.676. The number of benzene rings is 2. The number of rotatable bonds is 8. The van der Waals surface area contributed by atoms with Crippen LogP contribution in [-0.4, -0.2) is 37.4 Å². The number of carbonyl (C=O) groups excluding carboxylic acids is 3. The molecule has 0 aromatic heterocycles. The van der Waals surface area contributed by atoms with Gasteiger partial charge in [-0.3, -0.25) is 19.3 Å². The highest BCUT2D eigenvalue weighted by atomic mass is 16.5. The highest BCUT2D eigenvalue weighted by molar-refractivity contribution is 6.05. The van der Waals surface area contributed by atoms with Crippen molar-refractivity contribution in [1.82, 2.24) is 5.32 Å². The van der Waals surface area contributed by atoms with Gasteiger partial charge in [0.15, 0.2) is 11.9 Å².